The molecule has 4 aromatic rings. The molecule has 0 spiro atoms. The third-order valence-electron chi connectivity index (χ3n) is 5.74. The number of rotatable bonds is 4. The number of pyridine rings is 1. The van der Waals surface area contributed by atoms with Crippen molar-refractivity contribution in [3.8, 4) is 17.0 Å². The topological polar surface area (TPSA) is 84.7 Å². The van der Waals surface area contributed by atoms with E-state index in [1.165, 1.54) is 29.5 Å². The summed E-state index contributed by atoms with van der Waals surface area (Å²) in [4.78, 5) is 21.4. The van der Waals surface area contributed by atoms with Crippen molar-refractivity contribution >= 4 is 48.4 Å². The van der Waals surface area contributed by atoms with Crippen LogP contribution in [0.5, 0.6) is 5.88 Å². The van der Waals surface area contributed by atoms with Crippen molar-refractivity contribution in [2.75, 3.05) is 21.0 Å². The van der Waals surface area contributed by atoms with Gasteiger partial charge in [-0.2, -0.15) is 0 Å². The average Bonchev–Trinajstić information content (AvgIpc) is 3.23. The molecule has 1 unspecified atom stereocenters. The number of hydrogen-bond donors (Lipinski definition) is 1. The number of carbonyl (C=O) groups excluding carboxylic acids is 1. The van der Waals surface area contributed by atoms with E-state index >= 15 is 4.39 Å². The molecule has 1 atom stereocenters. The van der Waals surface area contributed by atoms with Crippen molar-refractivity contribution in [3.05, 3.63) is 48.8 Å². The number of halogens is 5. The molecule has 1 aromatic carbocycles. The van der Waals surface area contributed by atoms with Gasteiger partial charge in [-0.15, -0.1) is 0 Å². The summed E-state index contributed by atoms with van der Waals surface area (Å²) in [6.45, 7) is 3.05. The number of nitrogens with zero attached hydrogens (tertiary/aromatic N) is 5. The second-order valence-electron chi connectivity index (χ2n) is 8.38. The Morgan fingerprint density at radius 1 is 1.25 bits per heavy atom. The Morgan fingerprint density at radius 3 is 2.78 bits per heavy atom. The van der Waals surface area contributed by atoms with E-state index in [0.717, 1.165) is 10.9 Å². The fourth-order valence-corrected chi connectivity index (χ4v) is 8.73. The molecule has 1 aliphatic rings. The van der Waals surface area contributed by atoms with Gasteiger partial charge < -0.3 is 0 Å². The van der Waals surface area contributed by atoms with Gasteiger partial charge in [0, 0.05) is 0 Å². The predicted molar refractivity (Wildman–Crippen MR) is 135 cm³/mol. The van der Waals surface area contributed by atoms with E-state index in [1.807, 2.05) is 12.1 Å². The van der Waals surface area contributed by atoms with Gasteiger partial charge >= 0.3 is 211 Å². The molecule has 1 N–H and O–H groups in total. The number of hydrogen-bond acceptors (Lipinski definition) is 6. The number of anilines is 1. The van der Waals surface area contributed by atoms with Gasteiger partial charge in [-0.25, -0.2) is 0 Å². The second kappa shape index (κ2) is 9.01. The van der Waals surface area contributed by atoms with Gasteiger partial charge in [0.05, 0.1) is 0 Å². The number of carbonyl (C=O) groups is 1. The van der Waals surface area contributed by atoms with Gasteiger partial charge in [0.1, 0.15) is 0 Å². The number of amides is 1. The van der Waals surface area contributed by atoms with Gasteiger partial charge in [0.2, 0.25) is 0 Å². The van der Waals surface area contributed by atoms with Crippen molar-refractivity contribution in [1.29, 1.82) is 0 Å². The van der Waals surface area contributed by atoms with Crippen LogP contribution in [-0.4, -0.2) is 57.9 Å². The fraction of sp³-hybridized carbons (Fsp3) is 0.304. The molecule has 4 heterocycles. The Balaban J connectivity index is 1.54. The standard InChI is InChI=1S/C23H21F4IN6O2/c1-14(35)33-11-8-28(22(2,24)13-33)31-21-30-20(36-23(25,26)27)19-17(7-10-34(19)32-21)15-5-6-18-16(12-15)4-3-9-29-18/h3-7,9-10,12H,8,11,13H2,1-2H3,(H,31,32). The van der Waals surface area contributed by atoms with Crippen LogP contribution in [0.15, 0.2) is 48.8 Å². The van der Waals surface area contributed by atoms with Crippen LogP contribution in [0.1, 0.15) is 13.8 Å². The second-order valence-corrected chi connectivity index (χ2v) is 14.3. The van der Waals surface area contributed by atoms with Gasteiger partial charge in [-0.05, 0) is 0 Å². The van der Waals surface area contributed by atoms with Crippen LogP contribution in [-0.2, 0) is 4.79 Å². The first-order valence-electron chi connectivity index (χ1n) is 10.9. The quantitative estimate of drug-likeness (QED) is 0.147. The zero-order chi connectivity index (χ0) is 25.7. The van der Waals surface area contributed by atoms with E-state index in [2.05, 4.69) is 23.3 Å². The Morgan fingerprint density at radius 2 is 2.06 bits per heavy atom. The summed E-state index contributed by atoms with van der Waals surface area (Å²) in [7, 11) is 0. The number of alkyl halides is 6. The van der Waals surface area contributed by atoms with Gasteiger partial charge in [-0.1, -0.05) is 0 Å². The molecule has 0 bridgehead atoms. The number of fused-ring (bicyclic) bond motifs is 2. The van der Waals surface area contributed by atoms with Crippen molar-refractivity contribution in [2.24, 2.45) is 0 Å². The van der Waals surface area contributed by atoms with Gasteiger partial charge in [-0.3, -0.25) is 0 Å². The summed E-state index contributed by atoms with van der Waals surface area (Å²) in [5.74, 6) is -1.07. The van der Waals surface area contributed by atoms with Gasteiger partial charge in [0.15, 0.2) is 0 Å². The molecule has 0 saturated carbocycles. The zero-order valence-corrected chi connectivity index (χ0v) is 21.3. The van der Waals surface area contributed by atoms with Crippen LogP contribution >= 0.6 is 20.1 Å². The Bertz CT molecular complexity index is 1460. The molecule has 1 fully saturated rings. The first-order chi connectivity index (χ1) is 17.0. The van der Waals surface area contributed by atoms with Crippen molar-refractivity contribution in [1.82, 2.24) is 24.5 Å². The Kier molecular flexibility index (Phi) is 6.12. The molecule has 3 aromatic heterocycles. The molecule has 5 rings (SSSR count). The number of aromatic nitrogens is 4. The molecular weight excluding hydrogens is 595 g/mol. The summed E-state index contributed by atoms with van der Waals surface area (Å²) < 4.78 is 62.6. The first kappa shape index (κ1) is 24.5. The molecule has 8 nitrogen and oxygen atoms in total. The molecule has 1 aliphatic heterocycles. The average molecular weight is 616 g/mol. The number of benzene rings is 1. The van der Waals surface area contributed by atoms with E-state index < -0.39 is 36.0 Å². The molecule has 0 aliphatic carbocycles. The maximum atomic E-state index is 15.4. The molecular formula is C23H21F4IN6O2. The fourth-order valence-electron chi connectivity index (χ4n) is 4.08. The van der Waals surface area contributed by atoms with Crippen molar-refractivity contribution < 1.29 is 27.1 Å². The third-order valence-corrected chi connectivity index (χ3v) is 11.5. The molecule has 1 saturated heterocycles. The SMILES string of the molecule is CC(=O)N1CCI(Nc2nc(OC(F)(F)F)c3c(-c4ccc5ncccc5c4)ccn3n2)C(C)(F)C1. The maximum absolute atomic E-state index is 15.4. The third kappa shape index (κ3) is 4.88. The minimum atomic E-state index is -5.00. The molecule has 0 radical (unpaired) electrons. The molecule has 190 valence electrons. The molecule has 1 amide bonds. The molecule has 13 heteroatoms. The Labute approximate surface area is 210 Å². The van der Waals surface area contributed by atoms with E-state index in [4.69, 9.17) is 0 Å². The minimum absolute atomic E-state index is 0.0272. The van der Waals surface area contributed by atoms with Gasteiger partial charge in [0.25, 0.3) is 0 Å². The summed E-state index contributed by atoms with van der Waals surface area (Å²) in [5.41, 5.74) is 1.85. The van der Waals surface area contributed by atoms with Crippen LogP contribution in [0.4, 0.5) is 23.5 Å². The normalized spacial score (nSPS) is 19.6. The van der Waals surface area contributed by atoms with Crippen molar-refractivity contribution in [3.63, 3.8) is 0 Å². The Hall–Kier alpha value is -3.23. The van der Waals surface area contributed by atoms with Crippen LogP contribution in [0, 0.1) is 0 Å². The van der Waals surface area contributed by atoms with E-state index in [9.17, 15) is 18.0 Å². The number of nitrogens with one attached hydrogen (secondary N) is 1. The molecule has 36 heavy (non-hydrogen) atoms. The van der Waals surface area contributed by atoms with Crippen LogP contribution in [0.2, 0.25) is 0 Å². The zero-order valence-electron chi connectivity index (χ0n) is 19.2. The summed E-state index contributed by atoms with van der Waals surface area (Å²) in [6.07, 6.45) is -1.84. The monoisotopic (exact) mass is 616 g/mol. The van der Waals surface area contributed by atoms with E-state index in [0.29, 0.717) is 22.1 Å². The van der Waals surface area contributed by atoms with Crippen LogP contribution in [0.25, 0.3) is 27.5 Å². The summed E-state index contributed by atoms with van der Waals surface area (Å²) in [5, 5.41) is 5.13. The van der Waals surface area contributed by atoms with Crippen LogP contribution in [0.3, 0.4) is 0 Å². The predicted octanol–water partition coefficient (Wildman–Crippen LogP) is 5.22. The van der Waals surface area contributed by atoms with Crippen LogP contribution < -0.4 is 8.27 Å². The van der Waals surface area contributed by atoms with E-state index in [1.54, 1.807) is 30.5 Å². The van der Waals surface area contributed by atoms with Crippen molar-refractivity contribution in [2.45, 2.75) is 23.9 Å². The first-order valence-corrected chi connectivity index (χ1v) is 14.6. The summed E-state index contributed by atoms with van der Waals surface area (Å²) in [6, 6.07) is 10.6. The summed E-state index contributed by atoms with van der Waals surface area (Å²) >= 11 is -2.68. The van der Waals surface area contributed by atoms with E-state index in [-0.39, 0.29) is 23.9 Å². The number of ether oxygens (including phenoxy) is 1.